The van der Waals surface area contributed by atoms with E-state index in [1.165, 1.54) is 19.5 Å². The lowest BCUT2D eigenvalue weighted by Crippen LogP contribution is -2.04. The maximum absolute atomic E-state index is 10.9. The molecule has 5 nitrogen and oxygen atoms in total. The molecule has 0 aliphatic rings. The SMILES string of the molecule is CCOc1ncc(C(=O)OC)cn1. The minimum Gasteiger partial charge on any atom is -0.465 e. The van der Waals surface area contributed by atoms with Crippen LogP contribution in [0.3, 0.4) is 0 Å². The molecule has 0 spiro atoms. The van der Waals surface area contributed by atoms with Crippen molar-refractivity contribution in [2.75, 3.05) is 13.7 Å². The molecule has 0 aliphatic carbocycles. The van der Waals surface area contributed by atoms with Gasteiger partial charge in [-0.05, 0) is 6.92 Å². The average Bonchev–Trinajstić information content (AvgIpc) is 2.18. The van der Waals surface area contributed by atoms with Crippen LogP contribution in [0.1, 0.15) is 17.3 Å². The van der Waals surface area contributed by atoms with Crippen molar-refractivity contribution >= 4 is 5.97 Å². The fourth-order valence-electron chi connectivity index (χ4n) is 0.743. The number of hydrogen-bond donors (Lipinski definition) is 0. The highest BCUT2D eigenvalue weighted by molar-refractivity contribution is 5.88. The summed E-state index contributed by atoms with van der Waals surface area (Å²) in [5.41, 5.74) is 0.311. The summed E-state index contributed by atoms with van der Waals surface area (Å²) in [4.78, 5) is 18.5. The third-order valence-electron chi connectivity index (χ3n) is 1.32. The third kappa shape index (κ3) is 2.40. The van der Waals surface area contributed by atoms with Crippen molar-refractivity contribution in [2.24, 2.45) is 0 Å². The monoisotopic (exact) mass is 182 g/mol. The highest BCUT2D eigenvalue weighted by atomic mass is 16.5. The van der Waals surface area contributed by atoms with Crippen molar-refractivity contribution in [1.29, 1.82) is 0 Å². The van der Waals surface area contributed by atoms with Crippen LogP contribution in [-0.2, 0) is 4.74 Å². The molecule has 70 valence electrons. The topological polar surface area (TPSA) is 61.3 Å². The largest absolute Gasteiger partial charge is 0.465 e. The third-order valence-corrected chi connectivity index (χ3v) is 1.32. The lowest BCUT2D eigenvalue weighted by Gasteiger charge is -2.00. The summed E-state index contributed by atoms with van der Waals surface area (Å²) in [6.45, 7) is 2.33. The molecule has 1 aromatic heterocycles. The maximum Gasteiger partial charge on any atom is 0.341 e. The molecule has 13 heavy (non-hydrogen) atoms. The Labute approximate surface area is 75.7 Å². The molecule has 0 unspecified atom stereocenters. The Morgan fingerprint density at radius 1 is 1.46 bits per heavy atom. The van der Waals surface area contributed by atoms with Gasteiger partial charge in [0.2, 0.25) is 0 Å². The predicted octanol–water partition coefficient (Wildman–Crippen LogP) is 0.662. The summed E-state index contributed by atoms with van der Waals surface area (Å²) in [5.74, 6) is -0.456. The van der Waals surface area contributed by atoms with E-state index in [-0.39, 0.29) is 6.01 Å². The first-order valence-corrected chi connectivity index (χ1v) is 3.81. The number of rotatable bonds is 3. The van der Waals surface area contributed by atoms with Gasteiger partial charge in [0.15, 0.2) is 0 Å². The molecule has 0 aliphatic heterocycles. The van der Waals surface area contributed by atoms with E-state index in [1.54, 1.807) is 0 Å². The summed E-state index contributed by atoms with van der Waals surface area (Å²) in [5, 5.41) is 0. The molecule has 0 amide bonds. The number of methoxy groups -OCH3 is 1. The van der Waals surface area contributed by atoms with E-state index < -0.39 is 5.97 Å². The van der Waals surface area contributed by atoms with Gasteiger partial charge in [-0.15, -0.1) is 0 Å². The Morgan fingerprint density at radius 2 is 2.08 bits per heavy atom. The van der Waals surface area contributed by atoms with E-state index >= 15 is 0 Å². The quantitative estimate of drug-likeness (QED) is 0.642. The van der Waals surface area contributed by atoms with Crippen LogP contribution in [0, 0.1) is 0 Å². The minimum absolute atomic E-state index is 0.259. The first-order chi connectivity index (χ1) is 6.27. The van der Waals surface area contributed by atoms with Crippen LogP contribution >= 0.6 is 0 Å². The van der Waals surface area contributed by atoms with Crippen molar-refractivity contribution in [3.63, 3.8) is 0 Å². The molecular formula is C8H10N2O3. The van der Waals surface area contributed by atoms with E-state index in [1.807, 2.05) is 6.92 Å². The number of esters is 1. The van der Waals surface area contributed by atoms with Crippen molar-refractivity contribution in [3.8, 4) is 6.01 Å². The van der Waals surface area contributed by atoms with Gasteiger partial charge in [-0.1, -0.05) is 0 Å². The van der Waals surface area contributed by atoms with Crippen LogP contribution in [0.2, 0.25) is 0 Å². The lowest BCUT2D eigenvalue weighted by atomic mass is 10.3. The zero-order valence-electron chi connectivity index (χ0n) is 7.48. The highest BCUT2D eigenvalue weighted by Crippen LogP contribution is 2.03. The normalized spacial score (nSPS) is 9.38. The van der Waals surface area contributed by atoms with E-state index in [2.05, 4.69) is 14.7 Å². The van der Waals surface area contributed by atoms with Crippen LogP contribution in [-0.4, -0.2) is 29.7 Å². The second-order valence-electron chi connectivity index (χ2n) is 2.18. The molecule has 0 radical (unpaired) electrons. The van der Waals surface area contributed by atoms with Crippen LogP contribution in [0.25, 0.3) is 0 Å². The van der Waals surface area contributed by atoms with Gasteiger partial charge in [0.25, 0.3) is 0 Å². The zero-order chi connectivity index (χ0) is 9.68. The molecule has 5 heteroatoms. The smallest absolute Gasteiger partial charge is 0.341 e. The minimum atomic E-state index is -0.456. The highest BCUT2D eigenvalue weighted by Gasteiger charge is 2.06. The van der Waals surface area contributed by atoms with Gasteiger partial charge in [-0.3, -0.25) is 0 Å². The Morgan fingerprint density at radius 3 is 2.54 bits per heavy atom. The van der Waals surface area contributed by atoms with Crippen LogP contribution < -0.4 is 4.74 Å². The number of nitrogens with zero attached hydrogens (tertiary/aromatic N) is 2. The van der Waals surface area contributed by atoms with Gasteiger partial charge < -0.3 is 9.47 Å². The van der Waals surface area contributed by atoms with Crippen molar-refractivity contribution in [1.82, 2.24) is 9.97 Å². The van der Waals surface area contributed by atoms with Gasteiger partial charge in [0.05, 0.1) is 19.3 Å². The van der Waals surface area contributed by atoms with Gasteiger partial charge in [-0.25, -0.2) is 14.8 Å². The molecule has 0 saturated heterocycles. The fraction of sp³-hybridized carbons (Fsp3) is 0.375. The standard InChI is InChI=1S/C8H10N2O3/c1-3-13-8-9-4-6(5-10-8)7(11)12-2/h4-5H,3H2,1-2H3. The fourth-order valence-corrected chi connectivity index (χ4v) is 0.743. The molecule has 0 bridgehead atoms. The zero-order valence-corrected chi connectivity index (χ0v) is 7.48. The summed E-state index contributed by atoms with van der Waals surface area (Å²) >= 11 is 0. The van der Waals surface area contributed by atoms with Crippen LogP contribution in [0.15, 0.2) is 12.4 Å². The number of ether oxygens (including phenoxy) is 2. The first-order valence-electron chi connectivity index (χ1n) is 3.81. The summed E-state index contributed by atoms with van der Waals surface area (Å²) in [7, 11) is 1.30. The van der Waals surface area contributed by atoms with Crippen molar-refractivity contribution < 1.29 is 14.3 Å². The molecule has 0 atom stereocenters. The molecule has 1 rings (SSSR count). The Hall–Kier alpha value is -1.65. The van der Waals surface area contributed by atoms with Crippen LogP contribution in [0.4, 0.5) is 0 Å². The lowest BCUT2D eigenvalue weighted by molar-refractivity contribution is 0.0599. The second-order valence-corrected chi connectivity index (χ2v) is 2.18. The number of carbonyl (C=O) groups excluding carboxylic acids is 1. The van der Waals surface area contributed by atoms with E-state index in [9.17, 15) is 4.79 Å². The van der Waals surface area contributed by atoms with E-state index in [0.717, 1.165) is 0 Å². The van der Waals surface area contributed by atoms with E-state index in [0.29, 0.717) is 12.2 Å². The molecule has 0 N–H and O–H groups in total. The molecular weight excluding hydrogens is 172 g/mol. The Balaban J connectivity index is 2.75. The van der Waals surface area contributed by atoms with Crippen molar-refractivity contribution in [3.05, 3.63) is 18.0 Å². The van der Waals surface area contributed by atoms with Crippen LogP contribution in [0.5, 0.6) is 6.01 Å². The van der Waals surface area contributed by atoms with Crippen molar-refractivity contribution in [2.45, 2.75) is 6.92 Å². The molecule has 1 aromatic rings. The second kappa shape index (κ2) is 4.39. The number of hydrogen-bond acceptors (Lipinski definition) is 5. The van der Waals surface area contributed by atoms with Gasteiger partial charge in [0, 0.05) is 12.4 Å². The molecule has 0 aromatic carbocycles. The summed E-state index contributed by atoms with van der Waals surface area (Å²) < 4.78 is 9.48. The number of carbonyl (C=O) groups is 1. The van der Waals surface area contributed by atoms with Gasteiger partial charge in [-0.2, -0.15) is 0 Å². The summed E-state index contributed by atoms with van der Waals surface area (Å²) in [6, 6.07) is 0.259. The molecule has 0 fully saturated rings. The Bertz CT molecular complexity index is 284. The van der Waals surface area contributed by atoms with Gasteiger partial charge >= 0.3 is 12.0 Å². The molecule has 0 saturated carbocycles. The predicted molar refractivity (Wildman–Crippen MR) is 44.5 cm³/mol. The van der Waals surface area contributed by atoms with E-state index in [4.69, 9.17) is 4.74 Å². The summed E-state index contributed by atoms with van der Waals surface area (Å²) in [6.07, 6.45) is 2.73. The maximum atomic E-state index is 10.9. The van der Waals surface area contributed by atoms with Gasteiger partial charge in [0.1, 0.15) is 0 Å². The molecule has 1 heterocycles. The first kappa shape index (κ1) is 9.44. The Kier molecular flexibility index (Phi) is 3.19. The number of aromatic nitrogens is 2. The average molecular weight is 182 g/mol.